The van der Waals surface area contributed by atoms with E-state index in [9.17, 15) is 23.1 Å². The van der Waals surface area contributed by atoms with Crippen molar-refractivity contribution in [2.75, 3.05) is 25.0 Å². The van der Waals surface area contributed by atoms with Gasteiger partial charge < -0.3 is 19.6 Å². The average molecular weight is 606 g/mol. The van der Waals surface area contributed by atoms with E-state index in [1.165, 1.54) is 23.5 Å². The van der Waals surface area contributed by atoms with Crippen molar-refractivity contribution in [1.29, 1.82) is 0 Å². The first-order valence-corrected chi connectivity index (χ1v) is 13.9. The van der Waals surface area contributed by atoms with E-state index in [2.05, 4.69) is 15.2 Å². The molecule has 2 aliphatic rings. The van der Waals surface area contributed by atoms with Gasteiger partial charge in [-0.15, -0.1) is 0 Å². The molecule has 0 aliphatic carbocycles. The lowest BCUT2D eigenvalue weighted by atomic mass is 9.96. The van der Waals surface area contributed by atoms with Gasteiger partial charge in [0.2, 0.25) is 5.88 Å². The molecule has 13 heteroatoms. The van der Waals surface area contributed by atoms with Crippen molar-refractivity contribution in [3.05, 3.63) is 73.6 Å². The van der Waals surface area contributed by atoms with Gasteiger partial charge in [-0.1, -0.05) is 35.1 Å². The van der Waals surface area contributed by atoms with Crippen molar-refractivity contribution < 1.29 is 27.8 Å². The highest BCUT2D eigenvalue weighted by atomic mass is 35.5. The molecule has 216 valence electrons. The van der Waals surface area contributed by atoms with E-state index < -0.39 is 23.4 Å². The third-order valence-electron chi connectivity index (χ3n) is 6.72. The van der Waals surface area contributed by atoms with Crippen LogP contribution in [0, 0.1) is 0 Å². The summed E-state index contributed by atoms with van der Waals surface area (Å²) in [5.74, 6) is -0.295. The second-order valence-electron chi connectivity index (χ2n) is 10.9. The third kappa shape index (κ3) is 6.18. The van der Waals surface area contributed by atoms with Gasteiger partial charge in [0.05, 0.1) is 28.1 Å². The zero-order valence-corrected chi connectivity index (χ0v) is 24.2. The lowest BCUT2D eigenvalue weighted by Crippen LogP contribution is -2.61. The van der Waals surface area contributed by atoms with Crippen LogP contribution >= 0.6 is 22.9 Å². The van der Waals surface area contributed by atoms with Crippen LogP contribution in [0.5, 0.6) is 5.88 Å². The van der Waals surface area contributed by atoms with E-state index in [1.54, 1.807) is 57.1 Å². The molecule has 1 N–H and O–H groups in total. The maximum atomic E-state index is 14.0. The number of likely N-dealkylation sites (tertiary alicyclic amines) is 1. The SMILES string of the molecule is CN(c1nc(O)c(C(Cc2ccc(Cl)cc2C(F)(F)F)=c2ccc3c(c2)C=NN=3)s1)C1CN(C(=O)OC(C)(C)C)C1. The number of fused-ring (bicyclic) bond motifs is 1. The number of nitrogens with zero attached hydrogens (tertiary/aromatic N) is 5. The Morgan fingerprint density at radius 2 is 1.93 bits per heavy atom. The van der Waals surface area contributed by atoms with Gasteiger partial charge in [0, 0.05) is 37.1 Å². The number of carbonyl (C=O) groups excluding carboxylic acids is 1. The average Bonchev–Trinajstić information content (AvgIpc) is 3.46. The number of benzene rings is 2. The molecule has 8 nitrogen and oxygen atoms in total. The zero-order chi connectivity index (χ0) is 29.7. The van der Waals surface area contributed by atoms with Crippen LogP contribution in [0.3, 0.4) is 0 Å². The Morgan fingerprint density at radius 3 is 2.61 bits per heavy atom. The quantitative estimate of drug-likeness (QED) is 0.443. The van der Waals surface area contributed by atoms with Crippen molar-refractivity contribution in [1.82, 2.24) is 9.88 Å². The molecule has 0 bridgehead atoms. The van der Waals surface area contributed by atoms with Gasteiger partial charge in [0.1, 0.15) is 5.60 Å². The maximum absolute atomic E-state index is 14.0. The first kappa shape index (κ1) is 28.9. The number of ether oxygens (including phenoxy) is 1. The molecule has 41 heavy (non-hydrogen) atoms. The Bertz CT molecular complexity index is 1660. The largest absolute Gasteiger partial charge is 0.492 e. The number of likely N-dealkylation sites (N-methyl/N-ethyl adjacent to an activating group) is 1. The summed E-state index contributed by atoms with van der Waals surface area (Å²) >= 11 is 7.08. The van der Waals surface area contributed by atoms with E-state index in [1.807, 2.05) is 4.90 Å². The fraction of sp³-hybridized carbons (Fsp3) is 0.357. The molecule has 0 unspecified atom stereocenters. The molecule has 0 atom stereocenters. The van der Waals surface area contributed by atoms with E-state index in [4.69, 9.17) is 16.3 Å². The predicted octanol–water partition coefficient (Wildman–Crippen LogP) is 4.99. The molecule has 3 aromatic rings. The minimum absolute atomic E-state index is 0.00505. The van der Waals surface area contributed by atoms with Crippen molar-refractivity contribution in [3.63, 3.8) is 0 Å². The van der Waals surface area contributed by atoms with Crippen molar-refractivity contribution in [2.45, 2.75) is 45.0 Å². The van der Waals surface area contributed by atoms with Crippen LogP contribution in [0.15, 0.2) is 46.6 Å². The number of carbonyl (C=O) groups is 1. The summed E-state index contributed by atoms with van der Waals surface area (Å²) in [6, 6.07) is 8.84. The van der Waals surface area contributed by atoms with Gasteiger partial charge in [-0.25, -0.2) is 4.79 Å². The summed E-state index contributed by atoms with van der Waals surface area (Å²) in [6.45, 7) is 6.21. The van der Waals surface area contributed by atoms with Crippen molar-refractivity contribution in [2.24, 2.45) is 10.2 Å². The third-order valence-corrected chi connectivity index (χ3v) is 8.15. The number of halogens is 4. The zero-order valence-electron chi connectivity index (χ0n) is 22.7. The Kier molecular flexibility index (Phi) is 7.49. The first-order valence-electron chi connectivity index (χ1n) is 12.7. The lowest BCUT2D eigenvalue weighted by molar-refractivity contribution is -0.138. The van der Waals surface area contributed by atoms with Gasteiger partial charge in [0.25, 0.3) is 0 Å². The molecule has 1 aromatic heterocycles. The summed E-state index contributed by atoms with van der Waals surface area (Å²) in [4.78, 5) is 20.5. The smallest absolute Gasteiger partial charge is 0.416 e. The predicted molar refractivity (Wildman–Crippen MR) is 151 cm³/mol. The molecule has 1 amide bonds. The number of anilines is 1. The number of thiazole rings is 1. The van der Waals surface area contributed by atoms with Gasteiger partial charge in [-0.2, -0.15) is 28.4 Å². The highest BCUT2D eigenvalue weighted by Gasteiger charge is 2.38. The molecular weight excluding hydrogens is 579 g/mol. The van der Waals surface area contributed by atoms with Crippen LogP contribution in [0.25, 0.3) is 5.57 Å². The number of alkyl halides is 3. The van der Waals surface area contributed by atoms with Crippen LogP contribution in [0.4, 0.5) is 23.1 Å². The summed E-state index contributed by atoms with van der Waals surface area (Å²) in [5, 5.41) is 20.6. The molecule has 0 saturated carbocycles. The fourth-order valence-corrected chi connectivity index (χ4v) is 5.77. The fourth-order valence-electron chi connectivity index (χ4n) is 4.54. The second kappa shape index (κ2) is 10.6. The van der Waals surface area contributed by atoms with Gasteiger partial charge >= 0.3 is 12.3 Å². The molecule has 2 aliphatic heterocycles. The molecule has 1 fully saturated rings. The molecule has 2 aromatic carbocycles. The summed E-state index contributed by atoms with van der Waals surface area (Å²) in [6.07, 6.45) is -3.61. The Morgan fingerprint density at radius 1 is 1.20 bits per heavy atom. The van der Waals surface area contributed by atoms with Gasteiger partial charge in [-0.05, 0) is 61.4 Å². The van der Waals surface area contributed by atoms with E-state index in [0.29, 0.717) is 44.8 Å². The van der Waals surface area contributed by atoms with Crippen LogP contribution in [0.2, 0.25) is 5.02 Å². The molecule has 1 saturated heterocycles. The second-order valence-corrected chi connectivity index (χ2v) is 12.3. The minimum atomic E-state index is -4.62. The highest BCUT2D eigenvalue weighted by molar-refractivity contribution is 7.17. The summed E-state index contributed by atoms with van der Waals surface area (Å²) < 4.78 is 47.3. The number of hydrogen-bond acceptors (Lipinski definition) is 8. The van der Waals surface area contributed by atoms with Gasteiger partial charge in [-0.3, -0.25) is 0 Å². The van der Waals surface area contributed by atoms with E-state index >= 15 is 0 Å². The summed E-state index contributed by atoms with van der Waals surface area (Å²) in [7, 11) is 1.80. The van der Waals surface area contributed by atoms with Crippen LogP contribution in [0.1, 0.15) is 42.3 Å². The molecule has 0 spiro atoms. The van der Waals surface area contributed by atoms with Crippen LogP contribution < -0.4 is 15.5 Å². The van der Waals surface area contributed by atoms with Crippen LogP contribution in [-0.4, -0.2) is 59.1 Å². The standard InChI is InChI=1S/C28H27ClF3N5O3S/c1-27(2,3)40-26(39)37-13-19(14-37)36(4)25-34-24(38)23(41-25)20(15-6-8-22-17(9-15)12-33-35-22)10-16-5-7-18(29)11-21(16)28(30,31)32/h5-9,11-12,19,38H,10,13-14H2,1-4H3. The van der Waals surface area contributed by atoms with Crippen molar-refractivity contribution in [3.8, 4) is 5.88 Å². The Labute approximate surface area is 243 Å². The maximum Gasteiger partial charge on any atom is 0.416 e. The van der Waals surface area contributed by atoms with E-state index in [-0.39, 0.29) is 28.9 Å². The van der Waals surface area contributed by atoms with Crippen molar-refractivity contribution >= 4 is 46.0 Å². The number of rotatable bonds is 5. The number of amides is 1. The summed E-state index contributed by atoms with van der Waals surface area (Å²) in [5.41, 5.74) is -0.280. The highest BCUT2D eigenvalue weighted by Crippen LogP contribution is 2.40. The molecule has 3 heterocycles. The number of aromatic hydroxyl groups is 1. The first-order chi connectivity index (χ1) is 19.2. The Balaban J connectivity index is 1.50. The van der Waals surface area contributed by atoms with Crippen LogP contribution in [-0.2, 0) is 17.3 Å². The Hall–Kier alpha value is -3.64. The lowest BCUT2D eigenvalue weighted by Gasteiger charge is -2.43. The number of aromatic nitrogens is 1. The van der Waals surface area contributed by atoms with E-state index in [0.717, 1.165) is 6.07 Å². The minimum Gasteiger partial charge on any atom is -0.492 e. The molecule has 0 radical (unpaired) electrons. The molecule has 5 rings (SSSR count). The number of hydrogen-bond donors (Lipinski definition) is 1. The topological polar surface area (TPSA) is 90.6 Å². The molecular formula is C28H27ClF3N5O3S. The normalized spacial score (nSPS) is 15.8. The van der Waals surface area contributed by atoms with Gasteiger partial charge in [0.15, 0.2) is 5.13 Å². The monoisotopic (exact) mass is 605 g/mol.